The fraction of sp³-hybridized carbons (Fsp3) is 0.364. The minimum Gasteiger partial charge on any atom is -0.462 e. The molecule has 0 radical (unpaired) electrons. The normalized spacial score (nSPS) is 11.8. The van der Waals surface area contributed by atoms with E-state index in [1.807, 2.05) is 63.2 Å². The molecule has 0 saturated heterocycles. The van der Waals surface area contributed by atoms with E-state index in [9.17, 15) is 9.59 Å². The Morgan fingerprint density at radius 3 is 2.00 bits per heavy atom. The molecule has 0 heterocycles. The molecule has 1 atom stereocenters. The van der Waals surface area contributed by atoms with Gasteiger partial charge in [-0.05, 0) is 35.6 Å². The molecule has 138 valence electrons. The Hall–Kier alpha value is -2.62. The van der Waals surface area contributed by atoms with Crippen molar-refractivity contribution >= 4 is 11.9 Å². The van der Waals surface area contributed by atoms with Gasteiger partial charge in [0.15, 0.2) is 0 Å². The van der Waals surface area contributed by atoms with Crippen LogP contribution in [0.5, 0.6) is 5.75 Å². The third kappa shape index (κ3) is 6.03. The van der Waals surface area contributed by atoms with Crippen molar-refractivity contribution in [3.05, 3.63) is 54.6 Å². The summed E-state index contributed by atoms with van der Waals surface area (Å²) in [6, 6.07) is 17.3. The minimum absolute atomic E-state index is 0.00774. The second kappa shape index (κ2) is 9.76. The van der Waals surface area contributed by atoms with Gasteiger partial charge in [-0.25, -0.2) is 0 Å². The lowest BCUT2D eigenvalue weighted by atomic mass is 10.1. The van der Waals surface area contributed by atoms with E-state index in [1.165, 1.54) is 0 Å². The van der Waals surface area contributed by atoms with E-state index in [4.69, 9.17) is 9.47 Å². The van der Waals surface area contributed by atoms with Crippen molar-refractivity contribution in [2.75, 3.05) is 0 Å². The molecule has 4 heteroatoms. The van der Waals surface area contributed by atoms with E-state index in [-0.39, 0.29) is 30.8 Å². The SMILES string of the molecule is CCC(OC(=O)CCC(=O)Oc1ccc(-c2ccccc2)cc1)C(C)C. The molecule has 0 aliphatic heterocycles. The van der Waals surface area contributed by atoms with Gasteiger partial charge in [0.1, 0.15) is 11.9 Å². The Balaban J connectivity index is 1.81. The zero-order valence-corrected chi connectivity index (χ0v) is 15.6. The molecular weight excluding hydrogens is 328 g/mol. The third-order valence-corrected chi connectivity index (χ3v) is 4.16. The molecule has 0 amide bonds. The van der Waals surface area contributed by atoms with Crippen molar-refractivity contribution in [2.45, 2.75) is 46.1 Å². The van der Waals surface area contributed by atoms with Gasteiger partial charge in [0.25, 0.3) is 0 Å². The number of esters is 2. The lowest BCUT2D eigenvalue weighted by Crippen LogP contribution is -2.23. The van der Waals surface area contributed by atoms with Gasteiger partial charge < -0.3 is 9.47 Å². The van der Waals surface area contributed by atoms with Crippen molar-refractivity contribution < 1.29 is 19.1 Å². The molecule has 26 heavy (non-hydrogen) atoms. The molecule has 4 nitrogen and oxygen atoms in total. The Morgan fingerprint density at radius 1 is 0.846 bits per heavy atom. The first-order valence-electron chi connectivity index (χ1n) is 9.05. The molecule has 0 saturated carbocycles. The predicted molar refractivity (Wildman–Crippen MR) is 102 cm³/mol. The Labute approximate surface area is 155 Å². The number of carbonyl (C=O) groups is 2. The molecule has 1 unspecified atom stereocenters. The first-order valence-corrected chi connectivity index (χ1v) is 9.05. The monoisotopic (exact) mass is 354 g/mol. The van der Waals surface area contributed by atoms with Gasteiger partial charge in [-0.2, -0.15) is 0 Å². The van der Waals surface area contributed by atoms with Crippen LogP contribution in [-0.4, -0.2) is 18.0 Å². The average Bonchev–Trinajstić information content (AvgIpc) is 2.65. The maximum atomic E-state index is 11.9. The maximum Gasteiger partial charge on any atom is 0.311 e. The quantitative estimate of drug-likeness (QED) is 0.493. The van der Waals surface area contributed by atoms with Crippen molar-refractivity contribution in [3.8, 4) is 16.9 Å². The lowest BCUT2D eigenvalue weighted by Gasteiger charge is -2.19. The summed E-state index contributed by atoms with van der Waals surface area (Å²) < 4.78 is 10.7. The molecular formula is C22H26O4. The van der Waals surface area contributed by atoms with Crippen LogP contribution in [0.25, 0.3) is 11.1 Å². The van der Waals surface area contributed by atoms with Crippen LogP contribution in [0.2, 0.25) is 0 Å². The first kappa shape index (κ1) is 19.7. The molecule has 0 fully saturated rings. The highest BCUT2D eigenvalue weighted by atomic mass is 16.5. The van der Waals surface area contributed by atoms with E-state index in [0.29, 0.717) is 5.75 Å². The second-order valence-corrected chi connectivity index (χ2v) is 6.55. The molecule has 0 aromatic heterocycles. The van der Waals surface area contributed by atoms with E-state index in [2.05, 4.69) is 0 Å². The van der Waals surface area contributed by atoms with Crippen LogP contribution in [0.4, 0.5) is 0 Å². The van der Waals surface area contributed by atoms with E-state index >= 15 is 0 Å². The van der Waals surface area contributed by atoms with Crippen molar-refractivity contribution in [3.63, 3.8) is 0 Å². The van der Waals surface area contributed by atoms with E-state index < -0.39 is 5.97 Å². The fourth-order valence-corrected chi connectivity index (χ4v) is 2.65. The molecule has 0 aliphatic carbocycles. The summed E-state index contributed by atoms with van der Waals surface area (Å²) >= 11 is 0. The molecule has 0 aliphatic rings. The summed E-state index contributed by atoms with van der Waals surface area (Å²) in [5, 5.41) is 0. The summed E-state index contributed by atoms with van der Waals surface area (Å²) in [5.41, 5.74) is 2.15. The van der Waals surface area contributed by atoms with Crippen molar-refractivity contribution in [1.29, 1.82) is 0 Å². The van der Waals surface area contributed by atoms with Gasteiger partial charge in [0.2, 0.25) is 0 Å². The highest BCUT2D eigenvalue weighted by molar-refractivity contribution is 5.79. The minimum atomic E-state index is -0.438. The Bertz CT molecular complexity index is 705. The summed E-state index contributed by atoms with van der Waals surface area (Å²) in [6.45, 7) is 5.99. The fourth-order valence-electron chi connectivity index (χ4n) is 2.65. The number of benzene rings is 2. The van der Waals surface area contributed by atoms with Crippen molar-refractivity contribution in [2.24, 2.45) is 5.92 Å². The van der Waals surface area contributed by atoms with Crippen molar-refractivity contribution in [1.82, 2.24) is 0 Å². The molecule has 2 aromatic rings. The number of rotatable bonds is 8. The van der Waals surface area contributed by atoms with Gasteiger partial charge in [0, 0.05) is 0 Å². The van der Waals surface area contributed by atoms with Crippen LogP contribution in [0, 0.1) is 5.92 Å². The van der Waals surface area contributed by atoms with Crippen LogP contribution < -0.4 is 4.74 Å². The number of carbonyl (C=O) groups excluding carboxylic acids is 2. The molecule has 0 spiro atoms. The predicted octanol–water partition coefficient (Wildman–Crippen LogP) is 5.02. The first-order chi connectivity index (χ1) is 12.5. The van der Waals surface area contributed by atoms with Crippen LogP contribution >= 0.6 is 0 Å². The zero-order chi connectivity index (χ0) is 18.9. The van der Waals surface area contributed by atoms with E-state index in [1.54, 1.807) is 12.1 Å². The van der Waals surface area contributed by atoms with Crippen LogP contribution in [0.3, 0.4) is 0 Å². The van der Waals surface area contributed by atoms with Crippen LogP contribution in [0.15, 0.2) is 54.6 Å². The lowest BCUT2D eigenvalue weighted by molar-refractivity contribution is -0.153. The topological polar surface area (TPSA) is 52.6 Å². The van der Waals surface area contributed by atoms with Gasteiger partial charge >= 0.3 is 11.9 Å². The van der Waals surface area contributed by atoms with Crippen LogP contribution in [0.1, 0.15) is 40.0 Å². The summed E-state index contributed by atoms with van der Waals surface area (Å²) in [4.78, 5) is 23.8. The smallest absolute Gasteiger partial charge is 0.311 e. The molecule has 0 bridgehead atoms. The highest BCUT2D eigenvalue weighted by Crippen LogP contribution is 2.22. The number of hydrogen-bond acceptors (Lipinski definition) is 4. The largest absolute Gasteiger partial charge is 0.462 e. The third-order valence-electron chi connectivity index (χ3n) is 4.16. The summed E-state index contributed by atoms with van der Waals surface area (Å²) in [7, 11) is 0. The van der Waals surface area contributed by atoms with Gasteiger partial charge in [-0.15, -0.1) is 0 Å². The van der Waals surface area contributed by atoms with E-state index in [0.717, 1.165) is 17.5 Å². The maximum absolute atomic E-state index is 11.9. The molecule has 0 N–H and O–H groups in total. The summed E-state index contributed by atoms with van der Waals surface area (Å²) in [6.07, 6.45) is 0.698. The molecule has 2 aromatic carbocycles. The van der Waals surface area contributed by atoms with Gasteiger partial charge in [-0.1, -0.05) is 63.2 Å². The average molecular weight is 354 g/mol. The highest BCUT2D eigenvalue weighted by Gasteiger charge is 2.17. The molecule has 2 rings (SSSR count). The summed E-state index contributed by atoms with van der Waals surface area (Å²) in [5.74, 6) is -0.0652. The Morgan fingerprint density at radius 2 is 1.42 bits per heavy atom. The van der Waals surface area contributed by atoms with Gasteiger partial charge in [-0.3, -0.25) is 9.59 Å². The zero-order valence-electron chi connectivity index (χ0n) is 15.6. The standard InChI is InChI=1S/C22H26O4/c1-4-20(16(2)3)26-22(24)15-14-21(23)25-19-12-10-18(11-13-19)17-8-6-5-7-9-17/h5-13,16,20H,4,14-15H2,1-3H3. The van der Waals surface area contributed by atoms with Crippen LogP contribution in [-0.2, 0) is 14.3 Å². The number of ether oxygens (including phenoxy) is 2. The second-order valence-electron chi connectivity index (χ2n) is 6.55. The Kier molecular flexibility index (Phi) is 7.39. The van der Waals surface area contributed by atoms with Gasteiger partial charge in [0.05, 0.1) is 12.8 Å². The number of hydrogen-bond donors (Lipinski definition) is 0.